The van der Waals surface area contributed by atoms with Crippen LogP contribution in [0.2, 0.25) is 0 Å². The molecule has 3 rings (SSSR count). The van der Waals surface area contributed by atoms with E-state index in [0.717, 1.165) is 19.3 Å². The fourth-order valence-corrected chi connectivity index (χ4v) is 3.16. The minimum atomic E-state index is -0.267. The van der Waals surface area contributed by atoms with Gasteiger partial charge in [-0.3, -0.25) is 19.3 Å². The predicted molar refractivity (Wildman–Crippen MR) is 73.3 cm³/mol. The van der Waals surface area contributed by atoms with Gasteiger partial charge in [0, 0.05) is 18.4 Å². The van der Waals surface area contributed by atoms with E-state index in [0.29, 0.717) is 11.1 Å². The molecule has 2 aliphatic rings. The summed E-state index contributed by atoms with van der Waals surface area (Å²) in [6.45, 7) is 2.16. The van der Waals surface area contributed by atoms with E-state index in [-0.39, 0.29) is 36.0 Å². The zero-order chi connectivity index (χ0) is 14.3. The van der Waals surface area contributed by atoms with Crippen molar-refractivity contribution in [1.82, 2.24) is 4.90 Å². The highest BCUT2D eigenvalue weighted by atomic mass is 16.2. The number of ketones is 1. The standard InChI is InChI=1S/C16H17NO3/c1-10-5-4-6-11(14(10)18)9-17-15(19)12-7-2-3-8-13(12)16(17)20/h2-3,7-8,10-11H,4-6,9H2,1H3. The van der Waals surface area contributed by atoms with Crippen LogP contribution < -0.4 is 0 Å². The Hall–Kier alpha value is -1.97. The molecule has 4 nitrogen and oxygen atoms in total. The van der Waals surface area contributed by atoms with Crippen molar-refractivity contribution < 1.29 is 14.4 Å². The third-order valence-electron chi connectivity index (χ3n) is 4.36. The molecular formula is C16H17NO3. The summed E-state index contributed by atoms with van der Waals surface area (Å²) in [7, 11) is 0. The van der Waals surface area contributed by atoms with Crippen LogP contribution in [0, 0.1) is 11.8 Å². The van der Waals surface area contributed by atoms with Gasteiger partial charge in [0.05, 0.1) is 11.1 Å². The molecule has 1 fully saturated rings. The maximum absolute atomic E-state index is 12.3. The monoisotopic (exact) mass is 271 g/mol. The Balaban J connectivity index is 1.81. The van der Waals surface area contributed by atoms with E-state index in [9.17, 15) is 14.4 Å². The van der Waals surface area contributed by atoms with Gasteiger partial charge < -0.3 is 0 Å². The van der Waals surface area contributed by atoms with Crippen LogP contribution in [0.1, 0.15) is 46.9 Å². The average Bonchev–Trinajstić information content (AvgIpc) is 2.69. The van der Waals surface area contributed by atoms with Gasteiger partial charge in [-0.1, -0.05) is 25.5 Å². The van der Waals surface area contributed by atoms with Gasteiger partial charge in [0.1, 0.15) is 5.78 Å². The van der Waals surface area contributed by atoms with E-state index in [1.165, 1.54) is 4.90 Å². The van der Waals surface area contributed by atoms with Crippen LogP contribution in [-0.2, 0) is 4.79 Å². The third-order valence-corrected chi connectivity index (χ3v) is 4.36. The topological polar surface area (TPSA) is 54.5 Å². The molecule has 20 heavy (non-hydrogen) atoms. The molecule has 0 radical (unpaired) electrons. The van der Waals surface area contributed by atoms with Crippen LogP contribution >= 0.6 is 0 Å². The summed E-state index contributed by atoms with van der Waals surface area (Å²) in [5.74, 6) is -0.494. The number of hydrogen-bond donors (Lipinski definition) is 0. The van der Waals surface area contributed by atoms with Crippen LogP contribution in [0.15, 0.2) is 24.3 Å². The van der Waals surface area contributed by atoms with Crippen molar-refractivity contribution in [2.45, 2.75) is 26.2 Å². The highest BCUT2D eigenvalue weighted by molar-refractivity contribution is 6.21. The first kappa shape index (κ1) is 13.0. The maximum Gasteiger partial charge on any atom is 0.261 e. The number of benzene rings is 1. The van der Waals surface area contributed by atoms with Gasteiger partial charge in [0.15, 0.2) is 0 Å². The SMILES string of the molecule is CC1CCCC(CN2C(=O)c3ccccc3C2=O)C1=O. The number of imide groups is 1. The summed E-state index contributed by atoms with van der Waals surface area (Å²) in [5, 5.41) is 0. The average molecular weight is 271 g/mol. The normalized spacial score (nSPS) is 26.1. The summed E-state index contributed by atoms with van der Waals surface area (Å²) in [6.07, 6.45) is 2.68. The summed E-state index contributed by atoms with van der Waals surface area (Å²) in [4.78, 5) is 37.9. The molecule has 0 aromatic heterocycles. The lowest BCUT2D eigenvalue weighted by atomic mass is 9.81. The maximum atomic E-state index is 12.3. The Morgan fingerprint density at radius 3 is 2.25 bits per heavy atom. The second-order valence-electron chi connectivity index (χ2n) is 5.70. The number of Topliss-reactive ketones (excluding diaryl/α,β-unsaturated/α-hetero) is 1. The molecule has 1 aliphatic carbocycles. The molecule has 1 saturated carbocycles. The molecule has 1 aliphatic heterocycles. The smallest absolute Gasteiger partial charge is 0.261 e. The lowest BCUT2D eigenvalue weighted by molar-refractivity contribution is -0.128. The van der Waals surface area contributed by atoms with Crippen LogP contribution in [0.4, 0.5) is 0 Å². The largest absolute Gasteiger partial charge is 0.299 e. The first-order chi connectivity index (χ1) is 9.59. The van der Waals surface area contributed by atoms with E-state index in [2.05, 4.69) is 0 Å². The summed E-state index contributed by atoms with van der Waals surface area (Å²) >= 11 is 0. The molecule has 0 saturated heterocycles. The summed E-state index contributed by atoms with van der Waals surface area (Å²) < 4.78 is 0. The first-order valence-electron chi connectivity index (χ1n) is 7.08. The molecule has 2 unspecified atom stereocenters. The molecule has 2 atom stereocenters. The molecule has 2 amide bonds. The van der Waals surface area contributed by atoms with Crippen molar-refractivity contribution in [2.24, 2.45) is 11.8 Å². The second kappa shape index (κ2) is 4.85. The predicted octanol–water partition coefficient (Wildman–Crippen LogP) is 2.29. The van der Waals surface area contributed by atoms with Gasteiger partial charge >= 0.3 is 0 Å². The van der Waals surface area contributed by atoms with Gasteiger partial charge in [-0.15, -0.1) is 0 Å². The van der Waals surface area contributed by atoms with Gasteiger partial charge in [-0.05, 0) is 25.0 Å². The zero-order valence-electron chi connectivity index (χ0n) is 11.5. The molecule has 104 valence electrons. The molecule has 0 N–H and O–H groups in total. The van der Waals surface area contributed by atoms with Gasteiger partial charge in [-0.2, -0.15) is 0 Å². The number of hydrogen-bond acceptors (Lipinski definition) is 3. The minimum Gasteiger partial charge on any atom is -0.299 e. The number of amides is 2. The molecule has 0 bridgehead atoms. The van der Waals surface area contributed by atoms with Gasteiger partial charge in [0.2, 0.25) is 0 Å². The Kier molecular flexibility index (Phi) is 3.16. The highest BCUT2D eigenvalue weighted by Crippen LogP contribution is 2.29. The minimum absolute atomic E-state index is 0.0453. The fraction of sp³-hybridized carbons (Fsp3) is 0.438. The zero-order valence-corrected chi connectivity index (χ0v) is 11.5. The Bertz CT molecular complexity index is 558. The second-order valence-corrected chi connectivity index (χ2v) is 5.70. The van der Waals surface area contributed by atoms with Crippen molar-refractivity contribution in [1.29, 1.82) is 0 Å². The number of carbonyl (C=O) groups excluding carboxylic acids is 3. The Labute approximate surface area is 117 Å². The van der Waals surface area contributed by atoms with E-state index in [4.69, 9.17) is 0 Å². The van der Waals surface area contributed by atoms with E-state index in [1.54, 1.807) is 24.3 Å². The first-order valence-corrected chi connectivity index (χ1v) is 7.08. The molecule has 0 spiro atoms. The lowest BCUT2D eigenvalue weighted by Gasteiger charge is -2.28. The summed E-state index contributed by atoms with van der Waals surface area (Å²) in [6, 6.07) is 6.84. The van der Waals surface area contributed by atoms with E-state index >= 15 is 0 Å². The molecule has 4 heteroatoms. The van der Waals surface area contributed by atoms with Crippen molar-refractivity contribution in [3.63, 3.8) is 0 Å². The fourth-order valence-electron chi connectivity index (χ4n) is 3.16. The molecule has 1 aromatic rings. The molecule has 1 heterocycles. The highest BCUT2D eigenvalue weighted by Gasteiger charge is 2.39. The third kappa shape index (κ3) is 1.96. The van der Waals surface area contributed by atoms with Crippen molar-refractivity contribution >= 4 is 17.6 Å². The van der Waals surface area contributed by atoms with E-state index < -0.39 is 0 Å². The summed E-state index contributed by atoms with van der Waals surface area (Å²) in [5.41, 5.74) is 0.905. The number of rotatable bonds is 2. The van der Waals surface area contributed by atoms with Crippen molar-refractivity contribution in [3.8, 4) is 0 Å². The number of carbonyl (C=O) groups is 3. The number of nitrogens with zero attached hydrogens (tertiary/aromatic N) is 1. The van der Waals surface area contributed by atoms with Crippen LogP contribution in [0.5, 0.6) is 0 Å². The van der Waals surface area contributed by atoms with E-state index in [1.807, 2.05) is 6.92 Å². The molecular weight excluding hydrogens is 254 g/mol. The number of fused-ring (bicyclic) bond motifs is 1. The van der Waals surface area contributed by atoms with Gasteiger partial charge in [0.25, 0.3) is 11.8 Å². The lowest BCUT2D eigenvalue weighted by Crippen LogP contribution is -2.40. The molecule has 1 aromatic carbocycles. The van der Waals surface area contributed by atoms with Gasteiger partial charge in [-0.25, -0.2) is 0 Å². The Morgan fingerprint density at radius 1 is 1.05 bits per heavy atom. The van der Waals surface area contributed by atoms with Crippen LogP contribution in [0.3, 0.4) is 0 Å². The quantitative estimate of drug-likeness (QED) is 0.775. The van der Waals surface area contributed by atoms with Crippen molar-refractivity contribution in [2.75, 3.05) is 6.54 Å². The Morgan fingerprint density at radius 2 is 1.65 bits per heavy atom. The van der Waals surface area contributed by atoms with Crippen molar-refractivity contribution in [3.05, 3.63) is 35.4 Å². The van der Waals surface area contributed by atoms with Crippen LogP contribution in [0.25, 0.3) is 0 Å². The van der Waals surface area contributed by atoms with Crippen LogP contribution in [-0.4, -0.2) is 29.0 Å².